The first-order chi connectivity index (χ1) is 13.0. The number of nitrogens with zero attached hydrogens (tertiary/aromatic N) is 2. The number of nitrogens with one attached hydrogen (secondary N) is 2. The van der Waals surface area contributed by atoms with Crippen LogP contribution in [-0.2, 0) is 0 Å². The summed E-state index contributed by atoms with van der Waals surface area (Å²) in [5.74, 6) is 2.28. The standard InChI is InChI=1S/C21H25N5O/c1-13(2)15-6-8-16(9-7-15)25-20-19(22)21(24-12-23-20)26-17-11-14(3)5-10-18(17)27-4/h5-13H,22H2,1-4H3,(H2,23,24,25,26). The molecule has 0 saturated carbocycles. The first-order valence-electron chi connectivity index (χ1n) is 8.87. The maximum atomic E-state index is 6.30. The maximum absolute atomic E-state index is 6.30. The largest absolute Gasteiger partial charge is 0.495 e. The summed E-state index contributed by atoms with van der Waals surface area (Å²) >= 11 is 0. The Morgan fingerprint density at radius 1 is 0.963 bits per heavy atom. The summed E-state index contributed by atoms with van der Waals surface area (Å²) in [6.07, 6.45) is 1.48. The zero-order valence-corrected chi connectivity index (χ0v) is 16.1. The number of anilines is 5. The number of rotatable bonds is 6. The molecule has 1 aromatic heterocycles. The third-order valence-electron chi connectivity index (χ3n) is 4.33. The molecule has 0 amide bonds. The third kappa shape index (κ3) is 4.28. The lowest BCUT2D eigenvalue weighted by Crippen LogP contribution is -2.06. The van der Waals surface area contributed by atoms with E-state index in [1.54, 1.807) is 7.11 Å². The topological polar surface area (TPSA) is 85.1 Å². The second-order valence-corrected chi connectivity index (χ2v) is 6.72. The molecule has 1 heterocycles. The van der Waals surface area contributed by atoms with Crippen LogP contribution in [0.2, 0.25) is 0 Å². The Labute approximate surface area is 159 Å². The van der Waals surface area contributed by atoms with E-state index in [4.69, 9.17) is 10.5 Å². The van der Waals surface area contributed by atoms with Crippen molar-refractivity contribution in [2.75, 3.05) is 23.5 Å². The summed E-state index contributed by atoms with van der Waals surface area (Å²) in [7, 11) is 1.63. The lowest BCUT2D eigenvalue weighted by Gasteiger charge is -2.15. The van der Waals surface area contributed by atoms with Crippen molar-refractivity contribution in [3.05, 3.63) is 59.9 Å². The molecule has 0 atom stereocenters. The minimum Gasteiger partial charge on any atom is -0.495 e. The summed E-state index contributed by atoms with van der Waals surface area (Å²) in [5.41, 5.74) is 10.8. The van der Waals surface area contributed by atoms with Crippen molar-refractivity contribution in [2.45, 2.75) is 26.7 Å². The lowest BCUT2D eigenvalue weighted by molar-refractivity contribution is 0.416. The molecular weight excluding hydrogens is 338 g/mol. The molecule has 0 aliphatic heterocycles. The summed E-state index contributed by atoms with van der Waals surface area (Å²) in [6, 6.07) is 14.1. The molecule has 0 unspecified atom stereocenters. The van der Waals surface area contributed by atoms with Gasteiger partial charge in [0.1, 0.15) is 17.8 Å². The number of ether oxygens (including phenoxy) is 1. The third-order valence-corrected chi connectivity index (χ3v) is 4.33. The number of hydrogen-bond acceptors (Lipinski definition) is 6. The molecule has 0 fully saturated rings. The number of methoxy groups -OCH3 is 1. The zero-order valence-electron chi connectivity index (χ0n) is 16.1. The normalized spacial score (nSPS) is 10.7. The van der Waals surface area contributed by atoms with Crippen molar-refractivity contribution >= 4 is 28.7 Å². The molecule has 3 aromatic rings. The van der Waals surface area contributed by atoms with Gasteiger partial charge in [0.15, 0.2) is 11.6 Å². The van der Waals surface area contributed by atoms with E-state index in [0.717, 1.165) is 22.7 Å². The molecule has 0 aliphatic rings. The first kappa shape index (κ1) is 18.5. The van der Waals surface area contributed by atoms with Crippen molar-refractivity contribution in [2.24, 2.45) is 0 Å². The number of benzene rings is 2. The summed E-state index contributed by atoms with van der Waals surface area (Å²) in [6.45, 7) is 6.35. The van der Waals surface area contributed by atoms with Gasteiger partial charge in [-0.25, -0.2) is 9.97 Å². The smallest absolute Gasteiger partial charge is 0.159 e. The molecule has 0 radical (unpaired) electrons. The Bertz CT molecular complexity index is 922. The molecule has 0 spiro atoms. The van der Waals surface area contributed by atoms with Crippen LogP contribution in [0.1, 0.15) is 30.9 Å². The Balaban J connectivity index is 1.85. The monoisotopic (exact) mass is 363 g/mol. The van der Waals surface area contributed by atoms with E-state index in [2.05, 4.69) is 46.6 Å². The highest BCUT2D eigenvalue weighted by atomic mass is 16.5. The molecule has 140 valence electrons. The van der Waals surface area contributed by atoms with Gasteiger partial charge in [0, 0.05) is 5.69 Å². The Kier molecular flexibility index (Phi) is 5.45. The van der Waals surface area contributed by atoms with Gasteiger partial charge in [-0.15, -0.1) is 0 Å². The Morgan fingerprint density at radius 3 is 2.26 bits per heavy atom. The fourth-order valence-electron chi connectivity index (χ4n) is 2.73. The van der Waals surface area contributed by atoms with Crippen LogP contribution in [0, 0.1) is 6.92 Å². The van der Waals surface area contributed by atoms with Gasteiger partial charge >= 0.3 is 0 Å². The molecule has 27 heavy (non-hydrogen) atoms. The number of aryl methyl sites for hydroxylation is 1. The predicted octanol–water partition coefficient (Wildman–Crippen LogP) is 4.99. The molecule has 0 bridgehead atoms. The number of nitrogens with two attached hydrogens (primary N) is 1. The van der Waals surface area contributed by atoms with Crippen molar-refractivity contribution in [1.82, 2.24) is 9.97 Å². The highest BCUT2D eigenvalue weighted by Gasteiger charge is 2.11. The van der Waals surface area contributed by atoms with Gasteiger partial charge in [-0.2, -0.15) is 0 Å². The second kappa shape index (κ2) is 7.95. The number of nitrogen functional groups attached to an aromatic ring is 1. The van der Waals surface area contributed by atoms with Crippen LogP contribution in [0.5, 0.6) is 5.75 Å². The van der Waals surface area contributed by atoms with Crippen LogP contribution in [0.4, 0.5) is 28.7 Å². The van der Waals surface area contributed by atoms with E-state index in [0.29, 0.717) is 23.2 Å². The van der Waals surface area contributed by atoms with Gasteiger partial charge in [-0.3, -0.25) is 0 Å². The quantitative estimate of drug-likeness (QED) is 0.572. The van der Waals surface area contributed by atoms with Gasteiger partial charge < -0.3 is 21.1 Å². The van der Waals surface area contributed by atoms with Crippen molar-refractivity contribution in [3.63, 3.8) is 0 Å². The van der Waals surface area contributed by atoms with E-state index in [1.165, 1.54) is 11.9 Å². The minimum atomic E-state index is 0.439. The van der Waals surface area contributed by atoms with Gasteiger partial charge in [-0.05, 0) is 48.2 Å². The molecule has 0 aliphatic carbocycles. The SMILES string of the molecule is COc1ccc(C)cc1Nc1ncnc(Nc2ccc(C(C)C)cc2)c1N. The van der Waals surface area contributed by atoms with E-state index in [1.807, 2.05) is 37.3 Å². The van der Waals surface area contributed by atoms with Crippen molar-refractivity contribution in [3.8, 4) is 5.75 Å². The van der Waals surface area contributed by atoms with Gasteiger partial charge in [0.2, 0.25) is 0 Å². The fourth-order valence-corrected chi connectivity index (χ4v) is 2.73. The summed E-state index contributed by atoms with van der Waals surface area (Å²) in [5, 5.41) is 6.50. The minimum absolute atomic E-state index is 0.439. The van der Waals surface area contributed by atoms with Crippen LogP contribution in [-0.4, -0.2) is 17.1 Å². The highest BCUT2D eigenvalue weighted by Crippen LogP contribution is 2.32. The average Bonchev–Trinajstić information content (AvgIpc) is 2.65. The first-order valence-corrected chi connectivity index (χ1v) is 8.87. The van der Waals surface area contributed by atoms with Crippen LogP contribution in [0.3, 0.4) is 0 Å². The Hall–Kier alpha value is -3.28. The summed E-state index contributed by atoms with van der Waals surface area (Å²) < 4.78 is 5.41. The maximum Gasteiger partial charge on any atom is 0.159 e. The molecular formula is C21H25N5O. The van der Waals surface area contributed by atoms with Gasteiger partial charge in [0.05, 0.1) is 12.8 Å². The molecule has 2 aromatic carbocycles. The highest BCUT2D eigenvalue weighted by molar-refractivity contribution is 5.81. The van der Waals surface area contributed by atoms with E-state index >= 15 is 0 Å². The molecule has 3 rings (SSSR count). The zero-order chi connectivity index (χ0) is 19.4. The number of aromatic nitrogens is 2. The van der Waals surface area contributed by atoms with Gasteiger partial charge in [-0.1, -0.05) is 32.0 Å². The lowest BCUT2D eigenvalue weighted by atomic mass is 10.0. The fraction of sp³-hybridized carbons (Fsp3) is 0.238. The van der Waals surface area contributed by atoms with Crippen molar-refractivity contribution < 1.29 is 4.74 Å². The van der Waals surface area contributed by atoms with Crippen LogP contribution >= 0.6 is 0 Å². The van der Waals surface area contributed by atoms with Crippen molar-refractivity contribution in [1.29, 1.82) is 0 Å². The van der Waals surface area contributed by atoms with Crippen LogP contribution in [0.25, 0.3) is 0 Å². The molecule has 6 heteroatoms. The van der Waals surface area contributed by atoms with Crippen LogP contribution in [0.15, 0.2) is 48.8 Å². The second-order valence-electron chi connectivity index (χ2n) is 6.72. The molecule has 4 N–H and O–H groups in total. The molecule has 6 nitrogen and oxygen atoms in total. The van der Waals surface area contributed by atoms with E-state index < -0.39 is 0 Å². The predicted molar refractivity (Wildman–Crippen MR) is 111 cm³/mol. The Morgan fingerprint density at radius 2 is 1.63 bits per heavy atom. The van der Waals surface area contributed by atoms with E-state index in [-0.39, 0.29) is 0 Å². The van der Waals surface area contributed by atoms with Crippen LogP contribution < -0.4 is 21.1 Å². The van der Waals surface area contributed by atoms with E-state index in [9.17, 15) is 0 Å². The number of hydrogen-bond donors (Lipinski definition) is 3. The molecule has 0 saturated heterocycles. The average molecular weight is 363 g/mol. The summed E-state index contributed by atoms with van der Waals surface area (Å²) in [4.78, 5) is 8.55. The van der Waals surface area contributed by atoms with Gasteiger partial charge in [0.25, 0.3) is 0 Å².